The van der Waals surface area contributed by atoms with E-state index in [0.717, 1.165) is 23.0 Å². The summed E-state index contributed by atoms with van der Waals surface area (Å²) >= 11 is 12.2. The van der Waals surface area contributed by atoms with E-state index in [1.54, 1.807) is 0 Å². The molecule has 0 N–H and O–H groups in total. The van der Waals surface area contributed by atoms with Crippen molar-refractivity contribution in [2.24, 2.45) is 0 Å². The van der Waals surface area contributed by atoms with Crippen LogP contribution in [0.2, 0.25) is 5.15 Å². The zero-order chi connectivity index (χ0) is 10.8. The molecule has 1 heterocycles. The number of nitrogens with zero attached hydrogens (tertiary/aromatic N) is 2. The molecule has 0 aliphatic heterocycles. The van der Waals surface area contributed by atoms with Crippen molar-refractivity contribution in [3.05, 3.63) is 16.4 Å². The topological polar surface area (TPSA) is 17.8 Å². The van der Waals surface area contributed by atoms with Gasteiger partial charge >= 0.3 is 0 Å². The van der Waals surface area contributed by atoms with E-state index in [9.17, 15) is 0 Å². The molecule has 1 fully saturated rings. The van der Waals surface area contributed by atoms with E-state index in [1.165, 1.54) is 25.7 Å². The number of alkyl halides is 1. The molecule has 1 aromatic heterocycles. The van der Waals surface area contributed by atoms with E-state index in [4.69, 9.17) is 23.2 Å². The highest BCUT2D eigenvalue weighted by molar-refractivity contribution is 6.31. The van der Waals surface area contributed by atoms with Crippen LogP contribution in [0.1, 0.15) is 49.8 Å². The van der Waals surface area contributed by atoms with Crippen LogP contribution in [0.3, 0.4) is 0 Å². The van der Waals surface area contributed by atoms with E-state index in [-0.39, 0.29) is 0 Å². The minimum Gasteiger partial charge on any atom is -0.254 e. The molecule has 1 aliphatic rings. The van der Waals surface area contributed by atoms with E-state index in [0.29, 0.717) is 11.8 Å². The molecule has 84 valence electrons. The Bertz CT molecular complexity index is 341. The zero-order valence-corrected chi connectivity index (χ0v) is 10.5. The zero-order valence-electron chi connectivity index (χ0n) is 8.97. The fourth-order valence-electron chi connectivity index (χ4n) is 2.36. The first kappa shape index (κ1) is 11.3. The minimum absolute atomic E-state index is 0.477. The van der Waals surface area contributed by atoms with Gasteiger partial charge in [0, 0.05) is 18.0 Å². The average molecular weight is 247 g/mol. The normalized spacial score (nSPS) is 17.5. The fourth-order valence-corrected chi connectivity index (χ4v) is 3.01. The maximum Gasteiger partial charge on any atom is 0.131 e. The fraction of sp³-hybridized carbons (Fsp3) is 0.727. The van der Waals surface area contributed by atoms with E-state index < -0.39 is 0 Å². The molecule has 0 unspecified atom stereocenters. The Balaban J connectivity index is 2.36. The molecule has 0 aromatic carbocycles. The minimum atomic E-state index is 0.477. The second-order valence-corrected chi connectivity index (χ2v) is 4.71. The molecule has 4 heteroatoms. The van der Waals surface area contributed by atoms with Gasteiger partial charge in [0.15, 0.2) is 0 Å². The van der Waals surface area contributed by atoms with Crippen LogP contribution < -0.4 is 0 Å². The van der Waals surface area contributed by atoms with Crippen LogP contribution in [-0.4, -0.2) is 9.78 Å². The lowest BCUT2D eigenvalue weighted by molar-refractivity contribution is 0.614. The number of hydrogen-bond acceptors (Lipinski definition) is 1. The Labute approximate surface area is 101 Å². The van der Waals surface area contributed by atoms with Crippen LogP contribution in [0, 0.1) is 0 Å². The van der Waals surface area contributed by atoms with Gasteiger partial charge in [-0.1, -0.05) is 24.4 Å². The van der Waals surface area contributed by atoms with Crippen molar-refractivity contribution in [3.63, 3.8) is 0 Å². The van der Waals surface area contributed by atoms with Gasteiger partial charge in [-0.3, -0.25) is 4.68 Å². The Hall–Kier alpha value is -0.210. The average Bonchev–Trinajstić information content (AvgIpc) is 2.84. The van der Waals surface area contributed by atoms with Crippen molar-refractivity contribution in [2.75, 3.05) is 0 Å². The Morgan fingerprint density at radius 3 is 2.60 bits per heavy atom. The lowest BCUT2D eigenvalue weighted by Crippen LogP contribution is -1.99. The molecule has 1 saturated carbocycles. The van der Waals surface area contributed by atoms with Gasteiger partial charge in [-0.25, -0.2) is 0 Å². The number of rotatable bonds is 3. The van der Waals surface area contributed by atoms with Crippen molar-refractivity contribution in [1.29, 1.82) is 0 Å². The number of aromatic nitrogens is 2. The van der Waals surface area contributed by atoms with Crippen molar-refractivity contribution >= 4 is 23.2 Å². The third kappa shape index (κ3) is 2.02. The van der Waals surface area contributed by atoms with E-state index in [2.05, 4.69) is 12.0 Å². The first-order chi connectivity index (χ1) is 7.27. The highest BCUT2D eigenvalue weighted by Gasteiger charge is 2.25. The molecule has 0 spiro atoms. The monoisotopic (exact) mass is 246 g/mol. The molecular formula is C11H16Cl2N2. The molecule has 15 heavy (non-hydrogen) atoms. The first-order valence-electron chi connectivity index (χ1n) is 5.59. The van der Waals surface area contributed by atoms with Crippen molar-refractivity contribution in [1.82, 2.24) is 9.78 Å². The van der Waals surface area contributed by atoms with Crippen LogP contribution in [0.5, 0.6) is 0 Å². The first-order valence-corrected chi connectivity index (χ1v) is 6.50. The molecule has 0 radical (unpaired) electrons. The highest BCUT2D eigenvalue weighted by atomic mass is 35.5. The molecule has 1 aliphatic carbocycles. The molecule has 0 amide bonds. The van der Waals surface area contributed by atoms with Crippen LogP contribution in [0.25, 0.3) is 0 Å². The third-order valence-corrected chi connectivity index (χ3v) is 3.88. The summed E-state index contributed by atoms with van der Waals surface area (Å²) in [5, 5.41) is 5.31. The van der Waals surface area contributed by atoms with Crippen LogP contribution >= 0.6 is 23.2 Å². The molecule has 1 aromatic rings. The molecule has 0 atom stereocenters. The standard InChI is InChI=1S/C11H16Cl2N2/c1-2-15-11(13)9(7-12)10(14-15)8-5-3-4-6-8/h8H,2-7H2,1H3. The van der Waals surface area contributed by atoms with Crippen molar-refractivity contribution in [3.8, 4) is 0 Å². The number of halogens is 2. The van der Waals surface area contributed by atoms with Crippen molar-refractivity contribution < 1.29 is 0 Å². The predicted molar refractivity (Wildman–Crippen MR) is 63.7 cm³/mol. The highest BCUT2D eigenvalue weighted by Crippen LogP contribution is 2.37. The van der Waals surface area contributed by atoms with Gasteiger partial charge in [0.1, 0.15) is 5.15 Å². The summed E-state index contributed by atoms with van der Waals surface area (Å²) in [7, 11) is 0. The summed E-state index contributed by atoms with van der Waals surface area (Å²) in [5.74, 6) is 1.06. The molecule has 0 saturated heterocycles. The van der Waals surface area contributed by atoms with Gasteiger partial charge in [-0.15, -0.1) is 11.6 Å². The van der Waals surface area contributed by atoms with Gasteiger partial charge < -0.3 is 0 Å². The molecule has 2 nitrogen and oxygen atoms in total. The summed E-state index contributed by atoms with van der Waals surface area (Å²) in [5.41, 5.74) is 2.20. The van der Waals surface area contributed by atoms with Gasteiger partial charge in [-0.2, -0.15) is 5.10 Å². The smallest absolute Gasteiger partial charge is 0.131 e. The van der Waals surface area contributed by atoms with Gasteiger partial charge in [0.2, 0.25) is 0 Å². The Kier molecular flexibility index (Phi) is 3.57. The Morgan fingerprint density at radius 2 is 2.07 bits per heavy atom. The largest absolute Gasteiger partial charge is 0.254 e. The second-order valence-electron chi connectivity index (χ2n) is 4.09. The molecule has 2 rings (SSSR count). The van der Waals surface area contributed by atoms with Crippen LogP contribution in [-0.2, 0) is 12.4 Å². The summed E-state index contributed by atoms with van der Waals surface area (Å²) in [4.78, 5) is 0. The van der Waals surface area contributed by atoms with Gasteiger partial charge in [-0.05, 0) is 19.8 Å². The van der Waals surface area contributed by atoms with Crippen LogP contribution in [0.15, 0.2) is 0 Å². The number of aryl methyl sites for hydroxylation is 1. The maximum atomic E-state index is 6.22. The maximum absolute atomic E-state index is 6.22. The molecule has 0 bridgehead atoms. The summed E-state index contributed by atoms with van der Waals surface area (Å²) in [6, 6.07) is 0. The number of hydrogen-bond donors (Lipinski definition) is 0. The lowest BCUT2D eigenvalue weighted by atomic mass is 10.0. The van der Waals surface area contributed by atoms with E-state index >= 15 is 0 Å². The predicted octanol–water partition coefficient (Wildman–Crippen LogP) is 3.95. The lowest BCUT2D eigenvalue weighted by Gasteiger charge is -2.06. The summed E-state index contributed by atoms with van der Waals surface area (Å²) in [6.45, 7) is 2.87. The quantitative estimate of drug-likeness (QED) is 0.739. The van der Waals surface area contributed by atoms with Crippen molar-refractivity contribution in [2.45, 2.75) is 50.9 Å². The van der Waals surface area contributed by atoms with Gasteiger partial charge in [0.05, 0.1) is 11.6 Å². The third-order valence-electron chi connectivity index (χ3n) is 3.19. The van der Waals surface area contributed by atoms with Crippen LogP contribution in [0.4, 0.5) is 0 Å². The summed E-state index contributed by atoms with van der Waals surface area (Å²) < 4.78 is 1.85. The summed E-state index contributed by atoms with van der Waals surface area (Å²) in [6.07, 6.45) is 5.09. The SMILES string of the molecule is CCn1nc(C2CCCC2)c(CCl)c1Cl. The van der Waals surface area contributed by atoms with Gasteiger partial charge in [0.25, 0.3) is 0 Å². The second kappa shape index (κ2) is 4.75. The van der Waals surface area contributed by atoms with E-state index in [1.807, 2.05) is 4.68 Å². The Morgan fingerprint density at radius 1 is 1.40 bits per heavy atom. The molecular weight excluding hydrogens is 231 g/mol.